The molecule has 0 aliphatic carbocycles. The Labute approximate surface area is 104 Å². The van der Waals surface area contributed by atoms with Gasteiger partial charge in [-0.25, -0.2) is 4.79 Å². The van der Waals surface area contributed by atoms with Crippen molar-refractivity contribution < 1.29 is 9.53 Å². The molecule has 16 heavy (non-hydrogen) atoms. The highest BCUT2D eigenvalue weighted by Gasteiger charge is 2.07. The Morgan fingerprint density at radius 1 is 1.44 bits per heavy atom. The molecule has 0 unspecified atom stereocenters. The third kappa shape index (κ3) is 3.81. The van der Waals surface area contributed by atoms with Gasteiger partial charge in [0, 0.05) is 10.0 Å². The molecule has 0 bridgehead atoms. The van der Waals surface area contributed by atoms with Crippen molar-refractivity contribution in [2.75, 3.05) is 6.61 Å². The maximum Gasteiger partial charge on any atom is 0.333 e. The van der Waals surface area contributed by atoms with Gasteiger partial charge in [-0.3, -0.25) is 0 Å². The topological polar surface area (TPSA) is 26.3 Å². The van der Waals surface area contributed by atoms with Gasteiger partial charge in [-0.2, -0.15) is 0 Å². The van der Waals surface area contributed by atoms with E-state index in [0.717, 1.165) is 10.0 Å². The van der Waals surface area contributed by atoms with Gasteiger partial charge in [-0.05, 0) is 37.1 Å². The van der Waals surface area contributed by atoms with Crippen LogP contribution in [0, 0.1) is 0 Å². The summed E-state index contributed by atoms with van der Waals surface area (Å²) in [6, 6.07) is 7.82. The molecule has 86 valence electrons. The van der Waals surface area contributed by atoms with E-state index < -0.39 is 0 Å². The lowest BCUT2D eigenvalue weighted by atomic mass is 10.1. The largest absolute Gasteiger partial charge is 0.463 e. The normalized spacial score (nSPS) is 11.3. The molecule has 0 N–H and O–H groups in total. The van der Waals surface area contributed by atoms with Gasteiger partial charge < -0.3 is 4.74 Å². The van der Waals surface area contributed by atoms with Crippen LogP contribution in [0.15, 0.2) is 34.3 Å². The Morgan fingerprint density at radius 2 is 2.19 bits per heavy atom. The van der Waals surface area contributed by atoms with Crippen LogP contribution in [-0.4, -0.2) is 12.6 Å². The molecule has 3 heteroatoms. The van der Waals surface area contributed by atoms with Gasteiger partial charge in [0.25, 0.3) is 0 Å². The van der Waals surface area contributed by atoms with Gasteiger partial charge in [-0.1, -0.05) is 35.0 Å². The zero-order valence-electron chi connectivity index (χ0n) is 9.50. The third-order valence-electron chi connectivity index (χ3n) is 2.11. The summed E-state index contributed by atoms with van der Waals surface area (Å²) in [5, 5.41) is 0. The monoisotopic (exact) mass is 282 g/mol. The molecular formula is C13H15BrO2. The van der Waals surface area contributed by atoms with E-state index in [1.165, 1.54) is 0 Å². The minimum Gasteiger partial charge on any atom is -0.463 e. The highest BCUT2D eigenvalue weighted by molar-refractivity contribution is 9.10. The molecule has 0 saturated carbocycles. The number of carbonyl (C=O) groups is 1. The Kier molecular flexibility index (Phi) is 5.26. The Hall–Kier alpha value is -1.09. The van der Waals surface area contributed by atoms with Gasteiger partial charge in [-0.15, -0.1) is 0 Å². The fourth-order valence-electron chi connectivity index (χ4n) is 1.33. The lowest BCUT2D eigenvalue weighted by molar-refractivity contribution is -0.138. The average molecular weight is 283 g/mol. The predicted molar refractivity (Wildman–Crippen MR) is 69.0 cm³/mol. The summed E-state index contributed by atoms with van der Waals surface area (Å²) in [5.74, 6) is -0.232. The zero-order chi connectivity index (χ0) is 12.0. The highest BCUT2D eigenvalue weighted by atomic mass is 79.9. The summed E-state index contributed by atoms with van der Waals surface area (Å²) in [5.41, 5.74) is 1.69. The van der Waals surface area contributed by atoms with E-state index >= 15 is 0 Å². The van der Waals surface area contributed by atoms with Crippen LogP contribution in [0.1, 0.15) is 25.8 Å². The SMILES string of the molecule is CCOC(=O)/C(=C\c1cccc(Br)c1)CC. The molecule has 0 atom stereocenters. The molecule has 0 fully saturated rings. The van der Waals surface area contributed by atoms with Crippen LogP contribution < -0.4 is 0 Å². The maximum absolute atomic E-state index is 11.6. The highest BCUT2D eigenvalue weighted by Crippen LogP contribution is 2.16. The van der Waals surface area contributed by atoms with E-state index in [1.807, 2.05) is 44.2 Å². The summed E-state index contributed by atoms with van der Waals surface area (Å²) in [7, 11) is 0. The summed E-state index contributed by atoms with van der Waals surface area (Å²) in [4.78, 5) is 11.6. The maximum atomic E-state index is 11.6. The van der Waals surface area contributed by atoms with Crippen molar-refractivity contribution in [3.8, 4) is 0 Å². The first-order chi connectivity index (χ1) is 7.67. The van der Waals surface area contributed by atoms with Crippen LogP contribution in [0.3, 0.4) is 0 Å². The minimum absolute atomic E-state index is 0.232. The van der Waals surface area contributed by atoms with Gasteiger partial charge in [0.1, 0.15) is 0 Å². The van der Waals surface area contributed by atoms with Crippen molar-refractivity contribution in [1.29, 1.82) is 0 Å². The second-order valence-corrected chi connectivity index (χ2v) is 4.21. The predicted octanol–water partition coefficient (Wildman–Crippen LogP) is 3.81. The van der Waals surface area contributed by atoms with E-state index in [2.05, 4.69) is 15.9 Å². The zero-order valence-corrected chi connectivity index (χ0v) is 11.1. The van der Waals surface area contributed by atoms with Crippen molar-refractivity contribution in [3.63, 3.8) is 0 Å². The summed E-state index contributed by atoms with van der Waals surface area (Å²) in [6.07, 6.45) is 2.54. The summed E-state index contributed by atoms with van der Waals surface area (Å²) >= 11 is 3.40. The van der Waals surface area contributed by atoms with Crippen LogP contribution in [-0.2, 0) is 9.53 Å². The van der Waals surface area contributed by atoms with Gasteiger partial charge in [0.15, 0.2) is 0 Å². The van der Waals surface area contributed by atoms with Crippen LogP contribution in [0.2, 0.25) is 0 Å². The summed E-state index contributed by atoms with van der Waals surface area (Å²) in [6.45, 7) is 4.17. The number of benzene rings is 1. The van der Waals surface area contributed by atoms with E-state index in [-0.39, 0.29) is 5.97 Å². The molecule has 0 saturated heterocycles. The van der Waals surface area contributed by atoms with E-state index in [0.29, 0.717) is 18.6 Å². The van der Waals surface area contributed by atoms with E-state index in [9.17, 15) is 4.79 Å². The second-order valence-electron chi connectivity index (χ2n) is 3.30. The Morgan fingerprint density at radius 3 is 2.75 bits per heavy atom. The van der Waals surface area contributed by atoms with Crippen molar-refractivity contribution in [3.05, 3.63) is 39.9 Å². The molecule has 0 aromatic heterocycles. The summed E-state index contributed by atoms with van der Waals surface area (Å²) < 4.78 is 5.98. The first kappa shape index (κ1) is 13.0. The number of hydrogen-bond donors (Lipinski definition) is 0. The van der Waals surface area contributed by atoms with E-state index in [4.69, 9.17) is 4.74 Å². The smallest absolute Gasteiger partial charge is 0.333 e. The third-order valence-corrected chi connectivity index (χ3v) is 2.60. The van der Waals surface area contributed by atoms with Gasteiger partial charge in [0.05, 0.1) is 6.61 Å². The molecule has 1 aromatic rings. The Bertz CT molecular complexity index is 397. The van der Waals surface area contributed by atoms with Crippen LogP contribution >= 0.6 is 15.9 Å². The fourth-order valence-corrected chi connectivity index (χ4v) is 1.74. The number of rotatable bonds is 4. The van der Waals surface area contributed by atoms with Crippen molar-refractivity contribution in [2.45, 2.75) is 20.3 Å². The van der Waals surface area contributed by atoms with Gasteiger partial charge in [0.2, 0.25) is 0 Å². The van der Waals surface area contributed by atoms with Gasteiger partial charge >= 0.3 is 5.97 Å². The molecule has 0 radical (unpaired) electrons. The second kappa shape index (κ2) is 6.48. The average Bonchev–Trinajstić information content (AvgIpc) is 2.26. The number of ether oxygens (including phenoxy) is 1. The van der Waals surface area contributed by atoms with Crippen molar-refractivity contribution in [1.82, 2.24) is 0 Å². The molecule has 2 nitrogen and oxygen atoms in total. The minimum atomic E-state index is -0.232. The lowest BCUT2D eigenvalue weighted by Gasteiger charge is -2.04. The number of hydrogen-bond acceptors (Lipinski definition) is 2. The molecule has 0 spiro atoms. The number of halogens is 1. The van der Waals surface area contributed by atoms with Crippen LogP contribution in [0.5, 0.6) is 0 Å². The standard InChI is InChI=1S/C13H15BrO2/c1-3-11(13(15)16-4-2)8-10-6-5-7-12(14)9-10/h5-9H,3-4H2,1-2H3/b11-8-. The van der Waals surface area contributed by atoms with Crippen LogP contribution in [0.4, 0.5) is 0 Å². The first-order valence-corrected chi connectivity index (χ1v) is 6.10. The molecular weight excluding hydrogens is 268 g/mol. The molecule has 1 rings (SSSR count). The van der Waals surface area contributed by atoms with Crippen LogP contribution in [0.25, 0.3) is 6.08 Å². The quantitative estimate of drug-likeness (QED) is 0.620. The molecule has 1 aromatic carbocycles. The fraction of sp³-hybridized carbons (Fsp3) is 0.308. The lowest BCUT2D eigenvalue weighted by Crippen LogP contribution is -2.06. The molecule has 0 amide bonds. The van der Waals surface area contributed by atoms with E-state index in [1.54, 1.807) is 0 Å². The molecule has 0 heterocycles. The first-order valence-electron chi connectivity index (χ1n) is 5.30. The number of esters is 1. The molecule has 0 aliphatic heterocycles. The van der Waals surface area contributed by atoms with Crippen molar-refractivity contribution in [2.24, 2.45) is 0 Å². The molecule has 0 aliphatic rings. The Balaban J connectivity index is 2.91. The number of carbonyl (C=O) groups excluding carboxylic acids is 1. The van der Waals surface area contributed by atoms with Crippen molar-refractivity contribution >= 4 is 28.0 Å².